The fourth-order valence-electron chi connectivity index (χ4n) is 0.336. The normalized spacial score (nSPS) is 10.0. The van der Waals surface area contributed by atoms with E-state index in [9.17, 15) is 28.9 Å². The molecule has 0 spiro atoms. The van der Waals surface area contributed by atoms with E-state index in [1.54, 1.807) is 0 Å². The maximum absolute atomic E-state index is 9.72. The van der Waals surface area contributed by atoms with Crippen molar-refractivity contribution in [2.24, 2.45) is 0 Å². The zero-order valence-corrected chi connectivity index (χ0v) is 11.3. The van der Waals surface area contributed by atoms with Crippen LogP contribution in [-0.2, 0) is 18.7 Å². The number of hydrogen-bond acceptors (Lipinski definition) is 6. The summed E-state index contributed by atoms with van der Waals surface area (Å²) < 4.78 is 19.4. The van der Waals surface area contributed by atoms with E-state index >= 15 is 0 Å². The summed E-state index contributed by atoms with van der Waals surface area (Å²) in [6.07, 6.45) is -2.40. The predicted molar refractivity (Wildman–Crippen MR) is 55.8 cm³/mol. The van der Waals surface area contributed by atoms with Crippen molar-refractivity contribution in [2.75, 3.05) is 12.3 Å². The molecule has 0 unspecified atom stereocenters. The van der Waals surface area contributed by atoms with Gasteiger partial charge in [0.05, 0.1) is 24.3 Å². The first-order valence-corrected chi connectivity index (χ1v) is 6.92. The maximum atomic E-state index is 9.72. The van der Waals surface area contributed by atoms with Crippen molar-refractivity contribution in [3.05, 3.63) is 0 Å². The van der Waals surface area contributed by atoms with Gasteiger partial charge >= 0.3 is 15.2 Å². The molecule has 12 N–H and O–H groups in total. The van der Waals surface area contributed by atoms with Gasteiger partial charge in [0.15, 0.2) is 0 Å². The third-order valence-corrected chi connectivity index (χ3v) is 2.01. The van der Waals surface area contributed by atoms with Gasteiger partial charge in [-0.3, -0.25) is 9.13 Å². The van der Waals surface area contributed by atoms with Crippen molar-refractivity contribution in [1.29, 1.82) is 0 Å². The van der Waals surface area contributed by atoms with Gasteiger partial charge < -0.3 is 51.7 Å². The smallest absolute Gasteiger partial charge is 0.331 e. The van der Waals surface area contributed by atoms with Crippen LogP contribution in [0.1, 0.15) is 0 Å². The van der Waals surface area contributed by atoms with Crippen molar-refractivity contribution >= 4 is 27.1 Å². The van der Waals surface area contributed by atoms with Crippen LogP contribution in [-0.4, -0.2) is 43.8 Å². The van der Waals surface area contributed by atoms with E-state index < -0.39 is 39.5 Å². The molecule has 112 valence electrons. The minimum Gasteiger partial charge on any atom is -0.549 e. The number of carbonyl (C=O) groups excluding carboxylic acids is 2. The van der Waals surface area contributed by atoms with Crippen LogP contribution < -0.4 is 22.5 Å². The third kappa shape index (κ3) is 36.2. The Hall–Kier alpha value is -0.840. The van der Waals surface area contributed by atoms with E-state index in [0.29, 0.717) is 0 Å². The summed E-state index contributed by atoms with van der Waals surface area (Å²) >= 11 is 0. The van der Waals surface area contributed by atoms with Crippen molar-refractivity contribution in [3.63, 3.8) is 0 Å². The molecule has 0 heterocycles. The van der Waals surface area contributed by atoms with Crippen LogP contribution in [0.25, 0.3) is 0 Å². The molecule has 0 bridgehead atoms. The molecule has 0 aromatic heterocycles. The number of carboxylic acid groups (broad SMARTS) is 2. The first-order chi connectivity index (χ1) is 6.83. The van der Waals surface area contributed by atoms with E-state index in [-0.39, 0.29) is 12.3 Å². The van der Waals surface area contributed by atoms with Gasteiger partial charge in [0.2, 0.25) is 0 Å². The van der Waals surface area contributed by atoms with E-state index in [4.69, 9.17) is 19.6 Å². The largest absolute Gasteiger partial charge is 0.549 e. The van der Waals surface area contributed by atoms with Crippen LogP contribution in [0.4, 0.5) is 0 Å². The standard InChI is InChI=1S/2C2H5O5P.2H3N/c2*3-2(4)1-8(5,6)7;;/h2*1H2,(H,3,4)(H2,5,6,7);2*1H3. The van der Waals surface area contributed by atoms with Crippen molar-refractivity contribution in [3.8, 4) is 0 Å². The molecule has 0 aromatic rings. The monoisotopic (exact) mass is 314 g/mol. The summed E-state index contributed by atoms with van der Waals surface area (Å²) in [4.78, 5) is 50.3. The Morgan fingerprint density at radius 2 is 0.944 bits per heavy atom. The molecule has 0 amide bonds. The second-order valence-electron chi connectivity index (χ2n) is 2.39. The van der Waals surface area contributed by atoms with Gasteiger partial charge in [-0.05, 0) is 0 Å². The van der Waals surface area contributed by atoms with Gasteiger partial charge in [0.25, 0.3) is 0 Å². The van der Waals surface area contributed by atoms with Gasteiger partial charge in [-0.15, -0.1) is 0 Å². The van der Waals surface area contributed by atoms with Gasteiger partial charge in [-0.25, -0.2) is 0 Å². The minimum atomic E-state index is -4.38. The van der Waals surface area contributed by atoms with Crippen molar-refractivity contribution < 1.29 is 48.5 Å². The van der Waals surface area contributed by atoms with Crippen molar-refractivity contribution in [1.82, 2.24) is 12.3 Å². The third-order valence-electron chi connectivity index (χ3n) is 0.670. The molecular formula is C4H16N2O10P2. The Kier molecular flexibility index (Phi) is 14.5. The second kappa shape index (κ2) is 10.1. The summed E-state index contributed by atoms with van der Waals surface area (Å²) in [5, 5.41) is 18.8. The number of rotatable bonds is 4. The molecule has 0 saturated carbocycles. The number of carbonyl (C=O) groups is 2. The van der Waals surface area contributed by atoms with Crippen LogP contribution in [0.2, 0.25) is 0 Å². The highest BCUT2D eigenvalue weighted by Crippen LogP contribution is 2.33. The Morgan fingerprint density at radius 1 is 0.778 bits per heavy atom. The Labute approximate surface area is 101 Å². The molecule has 0 aliphatic heterocycles. The zero-order valence-electron chi connectivity index (χ0n) is 9.55. The summed E-state index contributed by atoms with van der Waals surface area (Å²) in [5.41, 5.74) is 0. The molecule has 0 rings (SSSR count). The van der Waals surface area contributed by atoms with E-state index in [2.05, 4.69) is 0 Å². The maximum Gasteiger partial charge on any atom is 0.331 e. The lowest BCUT2D eigenvalue weighted by molar-refractivity contribution is -0.303. The quantitative estimate of drug-likeness (QED) is 0.279. The van der Waals surface area contributed by atoms with Crippen LogP contribution in [0.15, 0.2) is 0 Å². The fourth-order valence-corrected chi connectivity index (χ4v) is 1.01. The molecule has 0 fully saturated rings. The second-order valence-corrected chi connectivity index (χ2v) is 5.68. The lowest BCUT2D eigenvalue weighted by Gasteiger charge is -2.01. The molecule has 12 nitrogen and oxygen atoms in total. The highest BCUT2D eigenvalue weighted by atomic mass is 31.2. The van der Waals surface area contributed by atoms with Crippen LogP contribution in [0.3, 0.4) is 0 Å². The predicted octanol–water partition coefficient (Wildman–Crippen LogP) is -3.42. The van der Waals surface area contributed by atoms with Crippen LogP contribution in [0.5, 0.6) is 0 Å². The summed E-state index contributed by atoms with van der Waals surface area (Å²) in [6, 6.07) is 0. The molecule has 0 saturated heterocycles. The highest BCUT2D eigenvalue weighted by molar-refractivity contribution is 7.53. The average molecular weight is 314 g/mol. The number of hydrogen-bond donors (Lipinski definition) is 6. The Morgan fingerprint density at radius 3 is 0.944 bits per heavy atom. The molecule has 18 heavy (non-hydrogen) atoms. The van der Waals surface area contributed by atoms with Gasteiger partial charge in [0, 0.05) is 0 Å². The van der Waals surface area contributed by atoms with Crippen LogP contribution in [0, 0.1) is 0 Å². The SMILES string of the molecule is O=C([O-])CP(=O)(O)O.O=C([O-])CP(=O)(O)O.[NH4+].[NH4+]. The number of carboxylic acids is 2. The summed E-state index contributed by atoms with van der Waals surface area (Å²) in [5.74, 6) is -3.48. The Bertz CT molecular complexity index is 310. The fraction of sp³-hybridized carbons (Fsp3) is 0.500. The van der Waals surface area contributed by atoms with E-state index in [1.807, 2.05) is 0 Å². The topological polar surface area (TPSA) is 268 Å². The lowest BCUT2D eigenvalue weighted by atomic mass is 10.8. The minimum absolute atomic E-state index is 0. The molecule has 0 aliphatic rings. The van der Waals surface area contributed by atoms with E-state index in [0.717, 1.165) is 0 Å². The first-order valence-electron chi connectivity index (χ1n) is 3.32. The summed E-state index contributed by atoms with van der Waals surface area (Å²) in [7, 11) is -8.77. The van der Waals surface area contributed by atoms with E-state index in [1.165, 1.54) is 0 Å². The molecule has 0 aromatic carbocycles. The lowest BCUT2D eigenvalue weighted by Crippen LogP contribution is -2.25. The molecule has 0 atom stereocenters. The van der Waals surface area contributed by atoms with Gasteiger partial charge in [0.1, 0.15) is 0 Å². The van der Waals surface area contributed by atoms with Gasteiger partial charge in [-0.1, -0.05) is 0 Å². The highest BCUT2D eigenvalue weighted by Gasteiger charge is 2.12. The first kappa shape index (κ1) is 25.9. The molecule has 14 heteroatoms. The molecule has 0 radical (unpaired) electrons. The summed E-state index contributed by atoms with van der Waals surface area (Å²) in [6.45, 7) is 0. The van der Waals surface area contributed by atoms with Crippen LogP contribution >= 0.6 is 15.2 Å². The Balaban J connectivity index is -0.0000000980. The molecule has 0 aliphatic carbocycles. The van der Waals surface area contributed by atoms with Gasteiger partial charge in [-0.2, -0.15) is 0 Å². The number of quaternary nitrogens is 2. The number of aliphatic carboxylic acids is 2. The zero-order chi connectivity index (χ0) is 13.6. The molecular weight excluding hydrogens is 298 g/mol. The van der Waals surface area contributed by atoms with Crippen molar-refractivity contribution in [2.45, 2.75) is 0 Å². The average Bonchev–Trinajstić information content (AvgIpc) is 1.72.